The molecule has 35 heavy (non-hydrogen) atoms. The van der Waals surface area contributed by atoms with E-state index in [1.165, 1.54) is 36.4 Å². The Morgan fingerprint density at radius 2 is 1.89 bits per heavy atom. The predicted molar refractivity (Wildman–Crippen MR) is 131 cm³/mol. The molecule has 0 aromatic heterocycles. The third kappa shape index (κ3) is 6.88. The lowest BCUT2D eigenvalue weighted by atomic mass is 10.1. The van der Waals surface area contributed by atoms with Gasteiger partial charge in [0.25, 0.3) is 11.6 Å². The zero-order chi connectivity index (χ0) is 25.4. The maximum absolute atomic E-state index is 13.1. The fourth-order valence-corrected chi connectivity index (χ4v) is 3.43. The predicted octanol–water partition coefficient (Wildman–Crippen LogP) is 6.02. The van der Waals surface area contributed by atoms with Gasteiger partial charge >= 0.3 is 0 Å². The van der Waals surface area contributed by atoms with Crippen molar-refractivity contribution in [3.8, 4) is 17.6 Å². The minimum atomic E-state index is -0.684. The zero-order valence-electron chi connectivity index (χ0n) is 18.5. The van der Waals surface area contributed by atoms with E-state index in [9.17, 15) is 24.6 Å². The number of halogens is 2. The van der Waals surface area contributed by atoms with Gasteiger partial charge in [-0.15, -0.1) is 0 Å². The maximum atomic E-state index is 13.1. The molecule has 3 aromatic carbocycles. The zero-order valence-corrected chi connectivity index (χ0v) is 20.0. The molecule has 1 N–H and O–H groups in total. The highest BCUT2D eigenvalue weighted by Crippen LogP contribution is 2.31. The molecule has 0 fully saturated rings. The number of carbonyl (C=O) groups is 1. The van der Waals surface area contributed by atoms with Crippen molar-refractivity contribution >= 4 is 39.3 Å². The van der Waals surface area contributed by atoms with E-state index >= 15 is 0 Å². The number of amides is 1. The van der Waals surface area contributed by atoms with Crippen LogP contribution in [-0.4, -0.2) is 17.4 Å². The number of nitrogens with one attached hydrogen (secondary N) is 1. The first-order valence-electron chi connectivity index (χ1n) is 10.3. The molecule has 0 unspecified atom stereocenters. The topological polar surface area (TPSA) is 114 Å². The largest absolute Gasteiger partial charge is 0.490 e. The van der Waals surface area contributed by atoms with Crippen molar-refractivity contribution in [2.75, 3.05) is 11.9 Å². The first-order valence-corrected chi connectivity index (χ1v) is 11.1. The normalized spacial score (nSPS) is 10.9. The number of rotatable bonds is 9. The summed E-state index contributed by atoms with van der Waals surface area (Å²) in [6.07, 6.45) is 1.39. The molecule has 3 aromatic rings. The number of nitriles is 1. The lowest BCUT2D eigenvalue weighted by Crippen LogP contribution is -2.14. The highest BCUT2D eigenvalue weighted by atomic mass is 79.9. The number of carbonyl (C=O) groups excluding carboxylic acids is 1. The molecule has 0 spiro atoms. The molecule has 0 heterocycles. The van der Waals surface area contributed by atoms with Gasteiger partial charge in [-0.2, -0.15) is 5.26 Å². The summed E-state index contributed by atoms with van der Waals surface area (Å²) in [4.78, 5) is 23.0. The molecular weight excluding hydrogens is 521 g/mol. The second kappa shape index (κ2) is 11.8. The number of nitro groups is 1. The number of nitro benzene ring substituents is 1. The Balaban J connectivity index is 1.78. The van der Waals surface area contributed by atoms with Gasteiger partial charge in [-0.25, -0.2) is 4.39 Å². The second-order valence-corrected chi connectivity index (χ2v) is 7.95. The van der Waals surface area contributed by atoms with Crippen LogP contribution in [-0.2, 0) is 11.4 Å². The first kappa shape index (κ1) is 25.4. The van der Waals surface area contributed by atoms with Crippen molar-refractivity contribution in [1.29, 1.82) is 5.26 Å². The second-order valence-electron chi connectivity index (χ2n) is 7.10. The molecule has 8 nitrogen and oxygen atoms in total. The van der Waals surface area contributed by atoms with Crippen LogP contribution in [0.25, 0.3) is 6.08 Å². The van der Waals surface area contributed by atoms with Crippen LogP contribution < -0.4 is 14.8 Å². The summed E-state index contributed by atoms with van der Waals surface area (Å²) < 4.78 is 24.8. The van der Waals surface area contributed by atoms with Gasteiger partial charge in [-0.05, 0) is 70.4 Å². The Morgan fingerprint density at radius 1 is 1.14 bits per heavy atom. The minimum Gasteiger partial charge on any atom is -0.490 e. The van der Waals surface area contributed by atoms with Crippen molar-refractivity contribution in [2.24, 2.45) is 0 Å². The summed E-state index contributed by atoms with van der Waals surface area (Å²) >= 11 is 3.18. The van der Waals surface area contributed by atoms with Crippen LogP contribution in [0.2, 0.25) is 0 Å². The highest BCUT2D eigenvalue weighted by molar-refractivity contribution is 9.10. The lowest BCUT2D eigenvalue weighted by molar-refractivity contribution is -0.384. The molecule has 0 atom stereocenters. The summed E-state index contributed by atoms with van der Waals surface area (Å²) in [6, 6.07) is 16.6. The Bertz CT molecular complexity index is 1320. The van der Waals surface area contributed by atoms with Crippen molar-refractivity contribution < 1.29 is 23.6 Å². The maximum Gasteiger partial charge on any atom is 0.270 e. The standard InChI is InChI=1S/C25H19BrFN3O5/c1-2-34-24-12-17(5-10-23(24)35-15-16-3-6-19(27)7-4-16)11-18(14-28)25(31)29-22-9-8-20(30(32)33)13-21(22)26/h3-13H,2,15H2,1H3,(H,29,31)/b18-11+. The highest BCUT2D eigenvalue weighted by Gasteiger charge is 2.15. The van der Waals surface area contributed by atoms with Crippen molar-refractivity contribution in [3.05, 3.63) is 97.8 Å². The lowest BCUT2D eigenvalue weighted by Gasteiger charge is -2.13. The van der Waals surface area contributed by atoms with E-state index in [0.29, 0.717) is 28.1 Å². The molecule has 0 bridgehead atoms. The summed E-state index contributed by atoms with van der Waals surface area (Å²) in [7, 11) is 0. The molecule has 10 heteroatoms. The number of nitrogens with zero attached hydrogens (tertiary/aromatic N) is 2. The average molecular weight is 540 g/mol. The van der Waals surface area contributed by atoms with E-state index in [1.54, 1.807) is 30.3 Å². The van der Waals surface area contributed by atoms with Gasteiger partial charge in [0.05, 0.1) is 17.2 Å². The molecular formula is C25H19BrFN3O5. The van der Waals surface area contributed by atoms with Gasteiger partial charge in [0, 0.05) is 16.6 Å². The molecule has 3 rings (SSSR count). The van der Waals surface area contributed by atoms with Gasteiger partial charge in [-0.3, -0.25) is 14.9 Å². The molecule has 1 amide bonds. The van der Waals surface area contributed by atoms with Crippen LogP contribution in [0, 0.1) is 27.3 Å². The van der Waals surface area contributed by atoms with Gasteiger partial charge in [0.1, 0.15) is 24.1 Å². The van der Waals surface area contributed by atoms with Gasteiger partial charge in [0.2, 0.25) is 0 Å². The van der Waals surface area contributed by atoms with E-state index in [-0.39, 0.29) is 29.4 Å². The van der Waals surface area contributed by atoms with E-state index in [2.05, 4.69) is 21.2 Å². The molecule has 0 aliphatic heterocycles. The Morgan fingerprint density at radius 3 is 2.51 bits per heavy atom. The Hall–Kier alpha value is -4.23. The average Bonchev–Trinajstić information content (AvgIpc) is 2.84. The number of hydrogen-bond acceptors (Lipinski definition) is 6. The van der Waals surface area contributed by atoms with Crippen molar-refractivity contribution in [3.63, 3.8) is 0 Å². The van der Waals surface area contributed by atoms with Crippen LogP contribution in [0.4, 0.5) is 15.8 Å². The van der Waals surface area contributed by atoms with Gasteiger partial charge in [-0.1, -0.05) is 18.2 Å². The first-order chi connectivity index (χ1) is 16.8. The van der Waals surface area contributed by atoms with Crippen molar-refractivity contribution in [2.45, 2.75) is 13.5 Å². The quantitative estimate of drug-likeness (QED) is 0.154. The molecule has 0 aliphatic rings. The van der Waals surface area contributed by atoms with E-state index in [4.69, 9.17) is 9.47 Å². The smallest absolute Gasteiger partial charge is 0.270 e. The number of non-ortho nitro benzene ring substituents is 1. The number of benzene rings is 3. The molecule has 178 valence electrons. The summed E-state index contributed by atoms with van der Waals surface area (Å²) in [6.45, 7) is 2.37. The van der Waals surface area contributed by atoms with Crippen LogP contribution >= 0.6 is 15.9 Å². The van der Waals surface area contributed by atoms with Crippen LogP contribution in [0.1, 0.15) is 18.1 Å². The van der Waals surface area contributed by atoms with Crippen molar-refractivity contribution in [1.82, 2.24) is 0 Å². The van der Waals surface area contributed by atoms with Crippen LogP contribution in [0.3, 0.4) is 0 Å². The number of hydrogen-bond donors (Lipinski definition) is 1. The van der Waals surface area contributed by atoms with Crippen LogP contribution in [0.5, 0.6) is 11.5 Å². The fourth-order valence-electron chi connectivity index (χ4n) is 2.97. The summed E-state index contributed by atoms with van der Waals surface area (Å²) in [5.41, 5.74) is 1.26. The Kier molecular flexibility index (Phi) is 8.53. The molecule has 0 saturated carbocycles. The van der Waals surface area contributed by atoms with E-state index < -0.39 is 10.8 Å². The third-order valence-electron chi connectivity index (χ3n) is 4.66. The minimum absolute atomic E-state index is 0.142. The molecule has 0 radical (unpaired) electrons. The van der Waals surface area contributed by atoms with E-state index in [0.717, 1.165) is 5.56 Å². The monoisotopic (exact) mass is 539 g/mol. The van der Waals surface area contributed by atoms with Gasteiger partial charge in [0.15, 0.2) is 11.5 Å². The number of anilines is 1. The summed E-state index contributed by atoms with van der Waals surface area (Å²) in [5, 5.41) is 23.0. The fraction of sp³-hybridized carbons (Fsp3) is 0.120. The molecule has 0 saturated heterocycles. The third-order valence-corrected chi connectivity index (χ3v) is 5.32. The SMILES string of the molecule is CCOc1cc(/C=C(\C#N)C(=O)Nc2ccc([N+](=O)[O-])cc2Br)ccc1OCc1ccc(F)cc1. The molecule has 0 aliphatic carbocycles. The number of ether oxygens (including phenoxy) is 2. The Labute approximate surface area is 208 Å². The van der Waals surface area contributed by atoms with Gasteiger partial charge < -0.3 is 14.8 Å². The van der Waals surface area contributed by atoms with E-state index in [1.807, 2.05) is 13.0 Å². The van der Waals surface area contributed by atoms with Crippen LogP contribution in [0.15, 0.2) is 70.7 Å². The summed E-state index contributed by atoms with van der Waals surface area (Å²) in [5.74, 6) is -0.153.